The Morgan fingerprint density at radius 2 is 1.95 bits per heavy atom. The maximum Gasteiger partial charge on any atom is 0.248 e. The number of hydrogen-bond donors (Lipinski definition) is 2. The zero-order valence-corrected chi connectivity index (χ0v) is 12.4. The van der Waals surface area contributed by atoms with E-state index in [1.807, 2.05) is 19.1 Å². The molecule has 2 aromatic rings. The summed E-state index contributed by atoms with van der Waals surface area (Å²) < 4.78 is 0. The summed E-state index contributed by atoms with van der Waals surface area (Å²) in [5.74, 6) is -0.423. The second-order valence-corrected chi connectivity index (χ2v) is 5.33. The molecule has 0 unspecified atom stereocenters. The summed E-state index contributed by atoms with van der Waals surface area (Å²) in [5, 5.41) is 4.41. The summed E-state index contributed by atoms with van der Waals surface area (Å²) in [6, 6.07) is 10.7. The SMILES string of the molecule is Cc1cc(C(N)=O)ccc1CNc1ccc(Cl)cc1Cl. The van der Waals surface area contributed by atoms with Crippen molar-refractivity contribution in [3.05, 3.63) is 63.1 Å². The van der Waals surface area contributed by atoms with Crippen molar-refractivity contribution in [1.82, 2.24) is 0 Å². The lowest BCUT2D eigenvalue weighted by atomic mass is 10.0. The highest BCUT2D eigenvalue weighted by Crippen LogP contribution is 2.26. The van der Waals surface area contributed by atoms with Crippen LogP contribution < -0.4 is 11.1 Å². The van der Waals surface area contributed by atoms with E-state index in [2.05, 4.69) is 5.32 Å². The molecule has 20 heavy (non-hydrogen) atoms. The van der Waals surface area contributed by atoms with Crippen molar-refractivity contribution in [3.8, 4) is 0 Å². The number of amides is 1. The summed E-state index contributed by atoms with van der Waals surface area (Å²) in [7, 11) is 0. The number of rotatable bonds is 4. The summed E-state index contributed by atoms with van der Waals surface area (Å²) in [5.41, 5.74) is 8.64. The summed E-state index contributed by atoms with van der Waals surface area (Å²) >= 11 is 11.9. The number of anilines is 1. The summed E-state index contributed by atoms with van der Waals surface area (Å²) in [6.07, 6.45) is 0. The summed E-state index contributed by atoms with van der Waals surface area (Å²) in [4.78, 5) is 11.1. The zero-order chi connectivity index (χ0) is 14.7. The van der Waals surface area contributed by atoms with Crippen molar-refractivity contribution in [2.24, 2.45) is 5.73 Å². The van der Waals surface area contributed by atoms with Gasteiger partial charge in [-0.1, -0.05) is 29.3 Å². The smallest absolute Gasteiger partial charge is 0.248 e. The second kappa shape index (κ2) is 6.16. The number of primary amides is 1. The van der Waals surface area contributed by atoms with Crippen LogP contribution in [-0.4, -0.2) is 5.91 Å². The summed E-state index contributed by atoms with van der Waals surface area (Å²) in [6.45, 7) is 2.54. The van der Waals surface area contributed by atoms with Crippen LogP contribution in [0.4, 0.5) is 5.69 Å². The first kappa shape index (κ1) is 14.7. The van der Waals surface area contributed by atoms with Gasteiger partial charge in [-0.2, -0.15) is 0 Å². The molecule has 0 fully saturated rings. The van der Waals surface area contributed by atoms with Gasteiger partial charge in [-0.25, -0.2) is 0 Å². The fourth-order valence-corrected chi connectivity index (χ4v) is 2.35. The normalized spacial score (nSPS) is 10.3. The number of aryl methyl sites for hydroxylation is 1. The Labute approximate surface area is 127 Å². The van der Waals surface area contributed by atoms with Crippen molar-refractivity contribution >= 4 is 34.8 Å². The molecule has 0 radical (unpaired) electrons. The minimum atomic E-state index is -0.423. The Hall–Kier alpha value is -1.71. The van der Waals surface area contributed by atoms with E-state index in [0.29, 0.717) is 22.2 Å². The molecule has 0 aliphatic rings. The van der Waals surface area contributed by atoms with Crippen molar-refractivity contribution in [3.63, 3.8) is 0 Å². The molecular formula is C15H14Cl2N2O. The highest BCUT2D eigenvalue weighted by atomic mass is 35.5. The third-order valence-electron chi connectivity index (χ3n) is 3.03. The molecule has 2 rings (SSSR count). The molecule has 3 nitrogen and oxygen atoms in total. The second-order valence-electron chi connectivity index (χ2n) is 4.48. The fourth-order valence-electron chi connectivity index (χ4n) is 1.87. The van der Waals surface area contributed by atoms with Crippen LogP contribution in [0.5, 0.6) is 0 Å². The van der Waals surface area contributed by atoms with Crippen LogP contribution in [0.1, 0.15) is 21.5 Å². The van der Waals surface area contributed by atoms with Gasteiger partial charge in [0.2, 0.25) is 5.91 Å². The van der Waals surface area contributed by atoms with Crippen molar-refractivity contribution < 1.29 is 4.79 Å². The number of benzene rings is 2. The van der Waals surface area contributed by atoms with E-state index in [4.69, 9.17) is 28.9 Å². The molecule has 0 aliphatic heterocycles. The molecule has 0 saturated heterocycles. The molecule has 0 aliphatic carbocycles. The zero-order valence-electron chi connectivity index (χ0n) is 10.9. The van der Waals surface area contributed by atoms with Gasteiger partial charge in [0, 0.05) is 17.1 Å². The van der Waals surface area contributed by atoms with Crippen molar-refractivity contribution in [2.75, 3.05) is 5.32 Å². The van der Waals surface area contributed by atoms with Gasteiger partial charge in [-0.3, -0.25) is 4.79 Å². The molecule has 0 atom stereocenters. The van der Waals surface area contributed by atoms with Gasteiger partial charge >= 0.3 is 0 Å². The Bertz CT molecular complexity index is 656. The van der Waals surface area contributed by atoms with E-state index in [-0.39, 0.29) is 0 Å². The topological polar surface area (TPSA) is 55.1 Å². The van der Waals surface area contributed by atoms with Crippen LogP contribution in [0.3, 0.4) is 0 Å². The maximum atomic E-state index is 11.1. The van der Waals surface area contributed by atoms with Gasteiger partial charge in [-0.15, -0.1) is 0 Å². The van der Waals surface area contributed by atoms with Crippen LogP contribution in [0, 0.1) is 6.92 Å². The van der Waals surface area contributed by atoms with E-state index >= 15 is 0 Å². The molecule has 0 bridgehead atoms. The number of carbonyl (C=O) groups is 1. The van der Waals surface area contributed by atoms with E-state index in [1.54, 1.807) is 24.3 Å². The van der Waals surface area contributed by atoms with Crippen LogP contribution in [0.15, 0.2) is 36.4 Å². The highest BCUT2D eigenvalue weighted by molar-refractivity contribution is 6.36. The Kier molecular flexibility index (Phi) is 4.53. The predicted octanol–water partition coefficient (Wildman–Crippen LogP) is 4.01. The quantitative estimate of drug-likeness (QED) is 0.896. The third kappa shape index (κ3) is 3.44. The number of hydrogen-bond acceptors (Lipinski definition) is 2. The lowest BCUT2D eigenvalue weighted by Gasteiger charge is -2.11. The molecule has 3 N–H and O–H groups in total. The number of halogens is 2. The van der Waals surface area contributed by atoms with Gasteiger partial charge in [0.1, 0.15) is 0 Å². The Balaban J connectivity index is 2.13. The molecule has 2 aromatic carbocycles. The van der Waals surface area contributed by atoms with Gasteiger partial charge in [-0.05, 0) is 48.4 Å². The molecule has 0 heterocycles. The molecule has 5 heteroatoms. The first-order valence-corrected chi connectivity index (χ1v) is 6.81. The van der Waals surface area contributed by atoms with Gasteiger partial charge < -0.3 is 11.1 Å². The lowest BCUT2D eigenvalue weighted by molar-refractivity contribution is 0.1000. The Morgan fingerprint density at radius 3 is 2.55 bits per heavy atom. The maximum absolute atomic E-state index is 11.1. The molecular weight excluding hydrogens is 295 g/mol. The largest absolute Gasteiger partial charge is 0.380 e. The predicted molar refractivity (Wildman–Crippen MR) is 83.5 cm³/mol. The lowest BCUT2D eigenvalue weighted by Crippen LogP contribution is -2.11. The van der Waals surface area contributed by atoms with Crippen LogP contribution >= 0.6 is 23.2 Å². The van der Waals surface area contributed by atoms with Crippen LogP contribution in [0.25, 0.3) is 0 Å². The number of carbonyl (C=O) groups excluding carboxylic acids is 1. The fraction of sp³-hybridized carbons (Fsp3) is 0.133. The molecule has 0 spiro atoms. The van der Waals surface area contributed by atoms with Gasteiger partial charge in [0.05, 0.1) is 10.7 Å². The molecule has 104 valence electrons. The minimum absolute atomic E-state index is 0.423. The minimum Gasteiger partial charge on any atom is -0.380 e. The van der Waals surface area contributed by atoms with Crippen molar-refractivity contribution in [1.29, 1.82) is 0 Å². The van der Waals surface area contributed by atoms with E-state index in [0.717, 1.165) is 16.8 Å². The first-order chi connectivity index (χ1) is 9.47. The highest BCUT2D eigenvalue weighted by Gasteiger charge is 2.05. The van der Waals surface area contributed by atoms with E-state index in [1.165, 1.54) is 0 Å². The Morgan fingerprint density at radius 1 is 1.20 bits per heavy atom. The standard InChI is InChI=1S/C15H14Cl2N2O/c1-9-6-10(15(18)20)2-3-11(9)8-19-14-5-4-12(16)7-13(14)17/h2-7,19H,8H2,1H3,(H2,18,20). The monoisotopic (exact) mass is 308 g/mol. The average Bonchev–Trinajstić information content (AvgIpc) is 2.38. The first-order valence-electron chi connectivity index (χ1n) is 6.05. The van der Waals surface area contributed by atoms with Crippen LogP contribution in [-0.2, 0) is 6.54 Å². The van der Waals surface area contributed by atoms with E-state index in [9.17, 15) is 4.79 Å². The van der Waals surface area contributed by atoms with Gasteiger partial charge in [0.25, 0.3) is 0 Å². The average molecular weight is 309 g/mol. The molecule has 0 aromatic heterocycles. The van der Waals surface area contributed by atoms with Gasteiger partial charge in [0.15, 0.2) is 0 Å². The third-order valence-corrected chi connectivity index (χ3v) is 3.58. The number of nitrogens with one attached hydrogen (secondary N) is 1. The molecule has 1 amide bonds. The van der Waals surface area contributed by atoms with Crippen molar-refractivity contribution in [2.45, 2.75) is 13.5 Å². The molecule has 0 saturated carbocycles. The van der Waals surface area contributed by atoms with E-state index < -0.39 is 5.91 Å². The number of nitrogens with two attached hydrogens (primary N) is 1. The van der Waals surface area contributed by atoms with Crippen LogP contribution in [0.2, 0.25) is 10.0 Å².